The second-order valence-electron chi connectivity index (χ2n) is 2.00. The van der Waals surface area contributed by atoms with E-state index in [-0.39, 0.29) is 18.5 Å². The molecule has 1 saturated heterocycles. The van der Waals surface area contributed by atoms with Crippen LogP contribution in [0.4, 0.5) is 0 Å². The first-order valence-electron chi connectivity index (χ1n) is 2.87. The fourth-order valence-corrected chi connectivity index (χ4v) is 0.819. The molecule has 1 radical (unpaired) electrons. The van der Waals surface area contributed by atoms with Crippen molar-refractivity contribution in [1.82, 2.24) is 0 Å². The van der Waals surface area contributed by atoms with Gasteiger partial charge in [-0.3, -0.25) is 9.59 Å². The summed E-state index contributed by atoms with van der Waals surface area (Å²) >= 11 is 0. The highest BCUT2D eigenvalue weighted by Gasteiger charge is 2.22. The number of carbonyl (C=O) groups excluding carboxylic acids is 2. The summed E-state index contributed by atoms with van der Waals surface area (Å²) in [4.78, 5) is 20.1. The first kappa shape index (κ1) is 6.26. The highest BCUT2D eigenvalue weighted by Crippen LogP contribution is 2.14. The van der Waals surface area contributed by atoms with Crippen LogP contribution in [0.1, 0.15) is 19.3 Å². The highest BCUT2D eigenvalue weighted by molar-refractivity contribution is 5.72. The van der Waals surface area contributed by atoms with Gasteiger partial charge in [-0.15, -0.1) is 0 Å². The zero-order valence-corrected chi connectivity index (χ0v) is 4.92. The maximum Gasteiger partial charge on any atom is 0.306 e. The molecule has 3 nitrogen and oxygen atoms in total. The van der Waals surface area contributed by atoms with Gasteiger partial charge in [0.25, 0.3) is 0 Å². The normalized spacial score (nSPS) is 25.8. The zero-order valence-electron chi connectivity index (χ0n) is 4.92. The Balaban J connectivity index is 2.29. The van der Waals surface area contributed by atoms with Crippen LogP contribution in [0.2, 0.25) is 0 Å². The van der Waals surface area contributed by atoms with Gasteiger partial charge in [-0.05, 0) is 6.42 Å². The summed E-state index contributed by atoms with van der Waals surface area (Å²) in [5, 5.41) is 0. The summed E-state index contributed by atoms with van der Waals surface area (Å²) in [6, 6.07) is 0. The van der Waals surface area contributed by atoms with Gasteiger partial charge in [0, 0.05) is 6.42 Å². The van der Waals surface area contributed by atoms with Crippen molar-refractivity contribution < 1.29 is 14.3 Å². The number of hydrogen-bond donors (Lipinski definition) is 0. The molecule has 0 bridgehead atoms. The smallest absolute Gasteiger partial charge is 0.306 e. The van der Waals surface area contributed by atoms with Gasteiger partial charge in [-0.1, -0.05) is 0 Å². The van der Waals surface area contributed by atoms with Crippen LogP contribution in [0.15, 0.2) is 0 Å². The third-order valence-corrected chi connectivity index (χ3v) is 1.28. The largest absolute Gasteiger partial charge is 0.462 e. The Morgan fingerprint density at radius 2 is 2.56 bits per heavy atom. The molecule has 49 valence electrons. The number of ether oxygens (including phenoxy) is 1. The summed E-state index contributed by atoms with van der Waals surface area (Å²) < 4.78 is 4.70. The summed E-state index contributed by atoms with van der Waals surface area (Å²) in [6.07, 6.45) is 2.87. The van der Waals surface area contributed by atoms with Crippen LogP contribution >= 0.6 is 0 Å². The fraction of sp³-hybridized carbons (Fsp3) is 0.667. The summed E-state index contributed by atoms with van der Waals surface area (Å²) in [6.45, 7) is 0. The number of carbonyl (C=O) groups is 1. The van der Waals surface area contributed by atoms with Gasteiger partial charge in [0.05, 0.1) is 6.42 Å². The minimum atomic E-state index is -0.199. The molecule has 3 heteroatoms. The van der Waals surface area contributed by atoms with E-state index in [1.165, 1.54) is 0 Å². The van der Waals surface area contributed by atoms with E-state index < -0.39 is 0 Å². The minimum absolute atomic E-state index is 0.185. The van der Waals surface area contributed by atoms with Crippen molar-refractivity contribution in [2.45, 2.75) is 25.4 Å². The monoisotopic (exact) mass is 127 g/mol. The SMILES string of the molecule is O=[C]CC1CCC(=O)O1. The molecule has 9 heavy (non-hydrogen) atoms. The van der Waals surface area contributed by atoms with Crippen LogP contribution in [0.25, 0.3) is 0 Å². The number of esters is 1. The summed E-state index contributed by atoms with van der Waals surface area (Å²) in [5.41, 5.74) is 0. The maximum absolute atomic E-state index is 10.4. The van der Waals surface area contributed by atoms with E-state index in [9.17, 15) is 9.59 Å². The van der Waals surface area contributed by atoms with Crippen LogP contribution in [-0.2, 0) is 14.3 Å². The van der Waals surface area contributed by atoms with Crippen LogP contribution < -0.4 is 0 Å². The van der Waals surface area contributed by atoms with Gasteiger partial charge in [-0.25, -0.2) is 0 Å². The number of cyclic esters (lactones) is 1. The highest BCUT2D eigenvalue weighted by atomic mass is 16.5. The number of hydrogen-bond acceptors (Lipinski definition) is 3. The molecule has 1 rings (SSSR count). The summed E-state index contributed by atoms with van der Waals surface area (Å²) in [7, 11) is 0. The molecule has 1 aliphatic heterocycles. The lowest BCUT2D eigenvalue weighted by atomic mass is 10.2. The van der Waals surface area contributed by atoms with Crippen LogP contribution in [0, 0.1) is 0 Å². The van der Waals surface area contributed by atoms with E-state index >= 15 is 0 Å². The van der Waals surface area contributed by atoms with Gasteiger partial charge in [0.15, 0.2) is 0 Å². The first-order chi connectivity index (χ1) is 4.33. The lowest BCUT2D eigenvalue weighted by molar-refractivity contribution is -0.141. The van der Waals surface area contributed by atoms with Gasteiger partial charge in [0.1, 0.15) is 6.10 Å². The van der Waals surface area contributed by atoms with Crippen molar-refractivity contribution in [1.29, 1.82) is 0 Å². The maximum atomic E-state index is 10.4. The molecular formula is C6H7O3. The van der Waals surface area contributed by atoms with Crippen molar-refractivity contribution in [3.05, 3.63) is 0 Å². The third kappa shape index (κ3) is 1.52. The van der Waals surface area contributed by atoms with Crippen molar-refractivity contribution in [2.75, 3.05) is 0 Å². The van der Waals surface area contributed by atoms with Crippen molar-refractivity contribution >= 4 is 12.3 Å². The minimum Gasteiger partial charge on any atom is -0.462 e. The van der Waals surface area contributed by atoms with Crippen LogP contribution in [-0.4, -0.2) is 18.4 Å². The Morgan fingerprint density at radius 1 is 1.78 bits per heavy atom. The van der Waals surface area contributed by atoms with E-state index in [1.807, 2.05) is 0 Å². The Morgan fingerprint density at radius 3 is 3.00 bits per heavy atom. The molecule has 0 amide bonds. The summed E-state index contributed by atoms with van der Waals surface area (Å²) in [5.74, 6) is -0.199. The average Bonchev–Trinajstić information content (AvgIpc) is 2.17. The Labute approximate surface area is 53.0 Å². The lowest BCUT2D eigenvalue weighted by Gasteiger charge is -2.00. The van der Waals surface area contributed by atoms with Crippen molar-refractivity contribution in [3.63, 3.8) is 0 Å². The van der Waals surface area contributed by atoms with Gasteiger partial charge in [-0.2, -0.15) is 0 Å². The Hall–Kier alpha value is -0.860. The van der Waals surface area contributed by atoms with E-state index in [0.29, 0.717) is 12.8 Å². The van der Waals surface area contributed by atoms with Crippen molar-refractivity contribution in [3.8, 4) is 0 Å². The molecule has 1 aliphatic rings. The topological polar surface area (TPSA) is 43.4 Å². The van der Waals surface area contributed by atoms with Gasteiger partial charge in [0.2, 0.25) is 6.29 Å². The molecule has 0 spiro atoms. The molecule has 1 atom stereocenters. The molecule has 0 aromatic carbocycles. The van der Waals surface area contributed by atoms with Gasteiger partial charge < -0.3 is 4.74 Å². The average molecular weight is 127 g/mol. The van der Waals surface area contributed by atoms with E-state index in [2.05, 4.69) is 0 Å². The molecule has 0 aromatic heterocycles. The Bertz CT molecular complexity index is 130. The predicted molar refractivity (Wildman–Crippen MR) is 29.4 cm³/mol. The molecule has 0 N–H and O–H groups in total. The molecule has 0 aromatic rings. The molecule has 1 unspecified atom stereocenters. The van der Waals surface area contributed by atoms with E-state index in [1.54, 1.807) is 6.29 Å². The molecule has 0 saturated carbocycles. The van der Waals surface area contributed by atoms with Crippen LogP contribution in [0.3, 0.4) is 0 Å². The molecule has 0 aliphatic carbocycles. The molecular weight excluding hydrogens is 120 g/mol. The quantitative estimate of drug-likeness (QED) is 0.497. The van der Waals surface area contributed by atoms with E-state index in [0.717, 1.165) is 0 Å². The van der Waals surface area contributed by atoms with E-state index in [4.69, 9.17) is 4.74 Å². The molecule has 1 fully saturated rings. The standard InChI is InChI=1S/C6H7O3/c7-4-3-5-1-2-6(8)9-5/h5H,1-3H2. The van der Waals surface area contributed by atoms with Crippen LogP contribution in [0.5, 0.6) is 0 Å². The predicted octanol–water partition coefficient (Wildman–Crippen LogP) is 0.192. The number of rotatable bonds is 2. The second-order valence-corrected chi connectivity index (χ2v) is 2.00. The lowest BCUT2D eigenvalue weighted by Crippen LogP contribution is -2.06. The van der Waals surface area contributed by atoms with Crippen molar-refractivity contribution in [2.24, 2.45) is 0 Å². The second kappa shape index (κ2) is 2.62. The van der Waals surface area contributed by atoms with Gasteiger partial charge >= 0.3 is 5.97 Å². The zero-order chi connectivity index (χ0) is 6.69. The first-order valence-corrected chi connectivity index (χ1v) is 2.87. The Kier molecular flexibility index (Phi) is 1.82. The third-order valence-electron chi connectivity index (χ3n) is 1.28. The fourth-order valence-electron chi connectivity index (χ4n) is 0.819. The molecule has 1 heterocycles.